The number of nitrogens with zero attached hydrogens (tertiary/aromatic N) is 3. The van der Waals surface area contributed by atoms with Gasteiger partial charge in [0, 0.05) is 5.56 Å². The zero-order valence-corrected chi connectivity index (χ0v) is 18.7. The first-order valence-corrected chi connectivity index (χ1v) is 10.4. The van der Waals surface area contributed by atoms with Crippen LogP contribution in [0.3, 0.4) is 0 Å². The number of rotatable bonds is 4. The Bertz CT molecular complexity index is 1260. The van der Waals surface area contributed by atoms with Crippen molar-refractivity contribution in [3.63, 3.8) is 0 Å². The Labute approximate surface area is 186 Å². The van der Waals surface area contributed by atoms with E-state index < -0.39 is 5.91 Å². The molecule has 6 heteroatoms. The third-order valence-corrected chi connectivity index (χ3v) is 5.70. The van der Waals surface area contributed by atoms with E-state index in [1.54, 1.807) is 10.7 Å². The molecule has 1 amide bonds. The highest BCUT2D eigenvalue weighted by Gasteiger charge is 2.21. The van der Waals surface area contributed by atoms with E-state index in [1.165, 1.54) is 0 Å². The van der Waals surface area contributed by atoms with Gasteiger partial charge in [0.05, 0.1) is 16.4 Å². The Morgan fingerprint density at radius 3 is 2.29 bits per heavy atom. The summed E-state index contributed by atoms with van der Waals surface area (Å²) in [5.41, 5.74) is 6.56. The molecule has 0 unspecified atom stereocenters. The molecule has 156 valence electrons. The molecule has 1 aromatic heterocycles. The van der Waals surface area contributed by atoms with Crippen molar-refractivity contribution in [1.82, 2.24) is 14.8 Å². The van der Waals surface area contributed by atoms with Crippen LogP contribution in [-0.4, -0.2) is 20.7 Å². The molecule has 3 aromatic carbocycles. The van der Waals surface area contributed by atoms with Crippen LogP contribution in [0, 0.1) is 27.7 Å². The Morgan fingerprint density at radius 1 is 0.903 bits per heavy atom. The van der Waals surface area contributed by atoms with E-state index in [2.05, 4.69) is 28.4 Å². The summed E-state index contributed by atoms with van der Waals surface area (Å²) in [5.74, 6) is 0.277. The molecule has 1 N–H and O–H groups in total. The number of aryl methyl sites for hydroxylation is 3. The third-order valence-electron chi connectivity index (χ3n) is 5.38. The molecule has 0 bridgehead atoms. The maximum Gasteiger partial charge on any atom is 0.295 e. The molecule has 0 saturated heterocycles. The summed E-state index contributed by atoms with van der Waals surface area (Å²) in [6.07, 6.45) is 0. The molecule has 31 heavy (non-hydrogen) atoms. The summed E-state index contributed by atoms with van der Waals surface area (Å²) < 4.78 is 1.74. The number of para-hydroxylation sites is 1. The van der Waals surface area contributed by atoms with Gasteiger partial charge >= 0.3 is 0 Å². The number of carbonyl (C=O) groups excluding carboxylic acids is 1. The Kier molecular flexibility index (Phi) is 5.61. The fraction of sp³-hybridized carbons (Fsp3) is 0.160. The van der Waals surface area contributed by atoms with Gasteiger partial charge < -0.3 is 5.32 Å². The summed E-state index contributed by atoms with van der Waals surface area (Å²) in [6.45, 7) is 8.01. The van der Waals surface area contributed by atoms with Gasteiger partial charge in [0.2, 0.25) is 5.82 Å². The van der Waals surface area contributed by atoms with Gasteiger partial charge in [-0.3, -0.25) is 4.79 Å². The second-order valence-electron chi connectivity index (χ2n) is 7.64. The lowest BCUT2D eigenvalue weighted by Crippen LogP contribution is -2.15. The van der Waals surface area contributed by atoms with Crippen LogP contribution in [0.5, 0.6) is 0 Å². The van der Waals surface area contributed by atoms with E-state index >= 15 is 0 Å². The number of hydrogen-bond acceptors (Lipinski definition) is 3. The van der Waals surface area contributed by atoms with Gasteiger partial charge in [0.1, 0.15) is 0 Å². The predicted molar refractivity (Wildman–Crippen MR) is 125 cm³/mol. The molecular weight excluding hydrogens is 408 g/mol. The van der Waals surface area contributed by atoms with Crippen LogP contribution in [0.2, 0.25) is 5.02 Å². The Balaban J connectivity index is 1.82. The normalized spacial score (nSPS) is 10.9. The minimum absolute atomic E-state index is 0.0794. The molecule has 0 radical (unpaired) electrons. The SMILES string of the molecule is Cc1ccc(-c2nc(C(=O)Nc3c(C)cccc3Cl)nn2-c2cccc(C)c2C)cc1. The third kappa shape index (κ3) is 4.09. The van der Waals surface area contributed by atoms with Gasteiger partial charge in [-0.25, -0.2) is 9.67 Å². The van der Waals surface area contributed by atoms with Crippen molar-refractivity contribution in [2.24, 2.45) is 0 Å². The molecule has 0 aliphatic carbocycles. The molecule has 1 heterocycles. The first-order valence-electron chi connectivity index (χ1n) is 10.0. The minimum Gasteiger partial charge on any atom is -0.318 e. The Hall–Kier alpha value is -3.44. The number of benzene rings is 3. The van der Waals surface area contributed by atoms with Gasteiger partial charge in [-0.15, -0.1) is 5.10 Å². The van der Waals surface area contributed by atoms with E-state index in [9.17, 15) is 4.79 Å². The monoisotopic (exact) mass is 430 g/mol. The second-order valence-corrected chi connectivity index (χ2v) is 8.05. The zero-order valence-electron chi connectivity index (χ0n) is 17.9. The number of halogens is 1. The lowest BCUT2D eigenvalue weighted by Gasteiger charge is -2.11. The van der Waals surface area contributed by atoms with Crippen LogP contribution >= 0.6 is 11.6 Å². The fourth-order valence-corrected chi connectivity index (χ4v) is 3.66. The highest BCUT2D eigenvalue weighted by atomic mass is 35.5. The maximum atomic E-state index is 13.0. The lowest BCUT2D eigenvalue weighted by atomic mass is 10.1. The van der Waals surface area contributed by atoms with Gasteiger partial charge in [-0.05, 0) is 56.5 Å². The standard InChI is InChI=1S/C25H23ClN4O/c1-15-11-13-19(14-12-15)24-28-23(25(31)27-22-17(3)8-5-9-20(22)26)29-30(24)21-10-6-7-16(2)18(21)4/h5-14H,1-4H3,(H,27,31). The van der Waals surface area contributed by atoms with Crippen molar-refractivity contribution in [3.05, 3.63) is 93.8 Å². The smallest absolute Gasteiger partial charge is 0.295 e. The molecule has 0 saturated carbocycles. The second kappa shape index (κ2) is 8.36. The van der Waals surface area contributed by atoms with Crippen molar-refractivity contribution < 1.29 is 4.79 Å². The van der Waals surface area contributed by atoms with E-state index in [1.807, 2.05) is 69.3 Å². The van der Waals surface area contributed by atoms with Crippen molar-refractivity contribution in [3.8, 4) is 17.1 Å². The molecule has 0 aliphatic heterocycles. The van der Waals surface area contributed by atoms with E-state index in [0.29, 0.717) is 16.5 Å². The van der Waals surface area contributed by atoms with Gasteiger partial charge in [-0.2, -0.15) is 0 Å². The Morgan fingerprint density at radius 2 is 1.58 bits per heavy atom. The number of aromatic nitrogens is 3. The zero-order chi connectivity index (χ0) is 22.1. The summed E-state index contributed by atoms with van der Waals surface area (Å²) in [7, 11) is 0. The molecule has 0 aliphatic rings. The van der Waals surface area contributed by atoms with Gasteiger partial charge in [-0.1, -0.05) is 65.7 Å². The molecule has 0 fully saturated rings. The van der Waals surface area contributed by atoms with Crippen LogP contribution < -0.4 is 5.32 Å². The number of anilines is 1. The van der Waals surface area contributed by atoms with Crippen molar-refractivity contribution >= 4 is 23.2 Å². The van der Waals surface area contributed by atoms with Crippen LogP contribution in [0.25, 0.3) is 17.1 Å². The highest BCUT2D eigenvalue weighted by Crippen LogP contribution is 2.27. The molecule has 5 nitrogen and oxygen atoms in total. The number of carbonyl (C=O) groups is 1. The first kappa shape index (κ1) is 20.8. The topological polar surface area (TPSA) is 59.8 Å². The van der Waals surface area contributed by atoms with E-state index in [0.717, 1.165) is 33.5 Å². The quantitative estimate of drug-likeness (QED) is 0.427. The van der Waals surface area contributed by atoms with Crippen LogP contribution in [0.1, 0.15) is 32.9 Å². The molecule has 0 spiro atoms. The van der Waals surface area contributed by atoms with Crippen LogP contribution in [0.4, 0.5) is 5.69 Å². The highest BCUT2D eigenvalue weighted by molar-refractivity contribution is 6.34. The molecule has 0 atom stereocenters. The minimum atomic E-state index is -0.409. The lowest BCUT2D eigenvalue weighted by molar-refractivity contribution is 0.101. The molecular formula is C25H23ClN4O. The summed E-state index contributed by atoms with van der Waals surface area (Å²) in [6, 6.07) is 19.5. The van der Waals surface area contributed by atoms with Crippen molar-refractivity contribution in [1.29, 1.82) is 0 Å². The largest absolute Gasteiger partial charge is 0.318 e. The number of amides is 1. The fourth-order valence-electron chi connectivity index (χ4n) is 3.39. The average molecular weight is 431 g/mol. The van der Waals surface area contributed by atoms with Crippen molar-refractivity contribution in [2.75, 3.05) is 5.32 Å². The van der Waals surface area contributed by atoms with Crippen molar-refractivity contribution in [2.45, 2.75) is 27.7 Å². The summed E-state index contributed by atoms with van der Waals surface area (Å²) in [5, 5.41) is 7.92. The number of hydrogen-bond donors (Lipinski definition) is 1. The average Bonchev–Trinajstić information content (AvgIpc) is 3.18. The summed E-state index contributed by atoms with van der Waals surface area (Å²) in [4.78, 5) is 17.7. The first-order chi connectivity index (χ1) is 14.8. The maximum absolute atomic E-state index is 13.0. The van der Waals surface area contributed by atoms with Gasteiger partial charge in [0.25, 0.3) is 5.91 Å². The van der Waals surface area contributed by atoms with Crippen LogP contribution in [0.15, 0.2) is 60.7 Å². The van der Waals surface area contributed by atoms with Gasteiger partial charge in [0.15, 0.2) is 5.82 Å². The number of nitrogens with one attached hydrogen (secondary N) is 1. The predicted octanol–water partition coefficient (Wildman–Crippen LogP) is 6.07. The molecule has 4 aromatic rings. The van der Waals surface area contributed by atoms with E-state index in [4.69, 9.17) is 11.6 Å². The molecule has 4 rings (SSSR count). The van der Waals surface area contributed by atoms with Crippen LogP contribution in [-0.2, 0) is 0 Å². The van der Waals surface area contributed by atoms with E-state index in [-0.39, 0.29) is 5.82 Å². The summed E-state index contributed by atoms with van der Waals surface area (Å²) >= 11 is 6.28.